The van der Waals surface area contributed by atoms with Crippen LogP contribution in [0.4, 0.5) is 11.8 Å². The summed E-state index contributed by atoms with van der Waals surface area (Å²) < 4.78 is 5.16. The summed E-state index contributed by atoms with van der Waals surface area (Å²) in [5.74, 6) is 1.50. The third-order valence-corrected chi connectivity index (χ3v) is 3.56. The standard InChI is InChI=1S/C15H18N6O2/c1-2-5-16-13-11-17-19-15(18-13)21-8-6-20(7-9-21)14(22)12-4-3-10-23-12/h2-4,10-11H,1,5-9H2,(H,16,18,19). The van der Waals surface area contributed by atoms with Gasteiger partial charge in [-0.25, -0.2) is 0 Å². The molecule has 3 rings (SSSR count). The van der Waals surface area contributed by atoms with Crippen LogP contribution in [0.2, 0.25) is 0 Å². The Morgan fingerprint density at radius 1 is 1.39 bits per heavy atom. The third kappa shape index (κ3) is 3.47. The molecule has 1 aliphatic heterocycles. The molecule has 23 heavy (non-hydrogen) atoms. The van der Waals surface area contributed by atoms with E-state index in [1.54, 1.807) is 29.3 Å². The van der Waals surface area contributed by atoms with E-state index >= 15 is 0 Å². The zero-order valence-electron chi connectivity index (χ0n) is 12.7. The minimum absolute atomic E-state index is 0.0879. The Hall–Kier alpha value is -2.90. The van der Waals surface area contributed by atoms with Gasteiger partial charge in [0.2, 0.25) is 5.95 Å². The Morgan fingerprint density at radius 2 is 2.22 bits per heavy atom. The summed E-state index contributed by atoms with van der Waals surface area (Å²) in [4.78, 5) is 20.4. The normalized spacial score (nSPS) is 14.6. The number of hydrogen-bond acceptors (Lipinski definition) is 7. The van der Waals surface area contributed by atoms with E-state index in [4.69, 9.17) is 4.42 Å². The molecule has 1 fully saturated rings. The molecule has 1 amide bonds. The summed E-state index contributed by atoms with van der Waals surface area (Å²) in [6, 6.07) is 3.39. The highest BCUT2D eigenvalue weighted by Gasteiger charge is 2.25. The first-order valence-corrected chi connectivity index (χ1v) is 7.40. The molecule has 0 aliphatic carbocycles. The van der Waals surface area contributed by atoms with Gasteiger partial charge >= 0.3 is 0 Å². The first-order valence-electron chi connectivity index (χ1n) is 7.40. The van der Waals surface area contributed by atoms with Gasteiger partial charge in [-0.3, -0.25) is 4.79 Å². The maximum Gasteiger partial charge on any atom is 0.289 e. The van der Waals surface area contributed by atoms with Gasteiger partial charge in [-0.1, -0.05) is 6.08 Å². The van der Waals surface area contributed by atoms with Crippen molar-refractivity contribution in [3.05, 3.63) is 43.0 Å². The van der Waals surface area contributed by atoms with Crippen molar-refractivity contribution in [3.63, 3.8) is 0 Å². The summed E-state index contributed by atoms with van der Waals surface area (Å²) >= 11 is 0. The van der Waals surface area contributed by atoms with E-state index in [0.717, 1.165) is 0 Å². The zero-order valence-corrected chi connectivity index (χ0v) is 12.7. The molecule has 1 saturated heterocycles. The monoisotopic (exact) mass is 314 g/mol. The number of nitrogens with zero attached hydrogens (tertiary/aromatic N) is 5. The van der Waals surface area contributed by atoms with Crippen molar-refractivity contribution in [2.24, 2.45) is 0 Å². The van der Waals surface area contributed by atoms with Crippen molar-refractivity contribution >= 4 is 17.7 Å². The maximum atomic E-state index is 12.2. The van der Waals surface area contributed by atoms with E-state index in [2.05, 4.69) is 27.1 Å². The lowest BCUT2D eigenvalue weighted by Gasteiger charge is -2.34. The van der Waals surface area contributed by atoms with E-state index in [-0.39, 0.29) is 5.91 Å². The molecule has 0 radical (unpaired) electrons. The lowest BCUT2D eigenvalue weighted by Crippen LogP contribution is -2.49. The Morgan fingerprint density at radius 3 is 2.91 bits per heavy atom. The first kappa shape index (κ1) is 15.0. The number of anilines is 2. The molecule has 2 aromatic rings. The number of rotatable bonds is 5. The molecule has 120 valence electrons. The van der Waals surface area contributed by atoms with Crippen LogP contribution in [0.1, 0.15) is 10.6 Å². The molecule has 3 heterocycles. The van der Waals surface area contributed by atoms with Crippen LogP contribution >= 0.6 is 0 Å². The van der Waals surface area contributed by atoms with Crippen LogP contribution in [0.25, 0.3) is 0 Å². The Bertz CT molecular complexity index is 664. The van der Waals surface area contributed by atoms with Crippen molar-refractivity contribution in [1.29, 1.82) is 0 Å². The van der Waals surface area contributed by atoms with Crippen LogP contribution in [0, 0.1) is 0 Å². The largest absolute Gasteiger partial charge is 0.459 e. The molecule has 8 nitrogen and oxygen atoms in total. The number of carbonyl (C=O) groups excluding carboxylic acids is 1. The molecular weight excluding hydrogens is 296 g/mol. The van der Waals surface area contributed by atoms with Gasteiger partial charge < -0.3 is 19.5 Å². The zero-order chi connectivity index (χ0) is 16.1. The van der Waals surface area contributed by atoms with E-state index in [0.29, 0.717) is 50.3 Å². The quantitative estimate of drug-likeness (QED) is 0.825. The number of hydrogen-bond donors (Lipinski definition) is 1. The molecule has 8 heteroatoms. The number of aromatic nitrogens is 3. The van der Waals surface area contributed by atoms with Crippen LogP contribution in [0.3, 0.4) is 0 Å². The summed E-state index contributed by atoms with van der Waals surface area (Å²) in [5, 5.41) is 11.1. The summed E-state index contributed by atoms with van der Waals surface area (Å²) in [6.45, 7) is 6.75. The predicted molar refractivity (Wildman–Crippen MR) is 85.3 cm³/mol. The van der Waals surface area contributed by atoms with Gasteiger partial charge in [-0.2, -0.15) is 10.1 Å². The lowest BCUT2D eigenvalue weighted by molar-refractivity contribution is 0.0714. The maximum absolute atomic E-state index is 12.2. The summed E-state index contributed by atoms with van der Waals surface area (Å²) in [5.41, 5.74) is 0. The first-order chi connectivity index (χ1) is 11.3. The minimum Gasteiger partial charge on any atom is -0.459 e. The van der Waals surface area contributed by atoms with Crippen LogP contribution in [0.5, 0.6) is 0 Å². The molecule has 0 atom stereocenters. The topological polar surface area (TPSA) is 87.4 Å². The molecular formula is C15H18N6O2. The molecule has 0 saturated carbocycles. The van der Waals surface area contributed by atoms with Crippen LogP contribution in [-0.4, -0.2) is 58.7 Å². The fraction of sp³-hybridized carbons (Fsp3) is 0.333. The predicted octanol–water partition coefficient (Wildman–Crippen LogP) is 1.02. The third-order valence-electron chi connectivity index (χ3n) is 3.56. The highest BCUT2D eigenvalue weighted by atomic mass is 16.3. The average Bonchev–Trinajstić information content (AvgIpc) is 3.14. The van der Waals surface area contributed by atoms with Gasteiger partial charge in [0, 0.05) is 32.7 Å². The van der Waals surface area contributed by atoms with Crippen molar-refractivity contribution in [1.82, 2.24) is 20.1 Å². The van der Waals surface area contributed by atoms with Gasteiger partial charge in [0.15, 0.2) is 11.6 Å². The Balaban J connectivity index is 1.60. The molecule has 0 unspecified atom stereocenters. The summed E-state index contributed by atoms with van der Waals surface area (Å²) in [6.07, 6.45) is 4.83. The van der Waals surface area contributed by atoms with Crippen LogP contribution in [0.15, 0.2) is 41.7 Å². The van der Waals surface area contributed by atoms with Crippen molar-refractivity contribution < 1.29 is 9.21 Å². The molecule has 2 aromatic heterocycles. The number of amides is 1. The molecule has 0 bridgehead atoms. The minimum atomic E-state index is -0.0879. The highest BCUT2D eigenvalue weighted by molar-refractivity contribution is 5.91. The van der Waals surface area contributed by atoms with E-state index in [9.17, 15) is 4.79 Å². The molecule has 1 N–H and O–H groups in total. The second-order valence-corrected chi connectivity index (χ2v) is 5.07. The van der Waals surface area contributed by atoms with Crippen LogP contribution in [-0.2, 0) is 0 Å². The Kier molecular flexibility index (Phi) is 4.51. The second-order valence-electron chi connectivity index (χ2n) is 5.07. The van der Waals surface area contributed by atoms with Crippen molar-refractivity contribution in [3.8, 4) is 0 Å². The number of piperazine rings is 1. The van der Waals surface area contributed by atoms with Crippen molar-refractivity contribution in [2.75, 3.05) is 42.9 Å². The fourth-order valence-corrected chi connectivity index (χ4v) is 2.36. The van der Waals surface area contributed by atoms with Gasteiger partial charge in [0.1, 0.15) is 0 Å². The summed E-state index contributed by atoms with van der Waals surface area (Å²) in [7, 11) is 0. The van der Waals surface area contributed by atoms with E-state index in [1.165, 1.54) is 6.26 Å². The van der Waals surface area contributed by atoms with Crippen molar-refractivity contribution in [2.45, 2.75) is 0 Å². The van der Waals surface area contributed by atoms with Crippen LogP contribution < -0.4 is 10.2 Å². The van der Waals surface area contributed by atoms with Gasteiger partial charge in [-0.05, 0) is 12.1 Å². The second kappa shape index (κ2) is 6.91. The fourth-order valence-electron chi connectivity index (χ4n) is 2.36. The smallest absolute Gasteiger partial charge is 0.289 e. The lowest BCUT2D eigenvalue weighted by atomic mass is 10.3. The molecule has 1 aliphatic rings. The van der Waals surface area contributed by atoms with Gasteiger partial charge in [-0.15, -0.1) is 11.7 Å². The average molecular weight is 314 g/mol. The number of carbonyl (C=O) groups is 1. The SMILES string of the molecule is C=CCNc1cnnc(N2CCN(C(=O)c3ccco3)CC2)n1. The highest BCUT2D eigenvalue weighted by Crippen LogP contribution is 2.14. The van der Waals surface area contributed by atoms with E-state index < -0.39 is 0 Å². The molecule has 0 spiro atoms. The van der Waals surface area contributed by atoms with Gasteiger partial charge in [0.25, 0.3) is 5.91 Å². The number of nitrogens with one attached hydrogen (secondary N) is 1. The van der Waals surface area contributed by atoms with Gasteiger partial charge in [0.05, 0.1) is 12.5 Å². The number of furan rings is 1. The van der Waals surface area contributed by atoms with E-state index in [1.807, 2.05) is 4.90 Å². The Labute approximate surface area is 133 Å². The molecule has 0 aromatic carbocycles.